The Morgan fingerprint density at radius 2 is 1.81 bits per heavy atom. The number of aryl methyl sites for hydroxylation is 1. The Morgan fingerprint density at radius 3 is 2.48 bits per heavy atom. The number of hydrogen-bond donors (Lipinski definition) is 1. The van der Waals surface area contributed by atoms with Crippen LogP contribution in [0.2, 0.25) is 0 Å². The summed E-state index contributed by atoms with van der Waals surface area (Å²) in [7, 11) is 0. The quantitative estimate of drug-likeness (QED) is 0.886. The van der Waals surface area contributed by atoms with Crippen LogP contribution in [0.3, 0.4) is 0 Å². The van der Waals surface area contributed by atoms with Crippen molar-refractivity contribution >= 4 is 0 Å². The molecule has 21 heavy (non-hydrogen) atoms. The van der Waals surface area contributed by atoms with Crippen LogP contribution in [0.25, 0.3) is 0 Å². The van der Waals surface area contributed by atoms with Crippen molar-refractivity contribution in [2.75, 3.05) is 13.2 Å². The number of benzene rings is 1. The predicted molar refractivity (Wildman–Crippen MR) is 81.8 cm³/mol. The molecule has 0 bridgehead atoms. The van der Waals surface area contributed by atoms with E-state index in [-0.39, 0.29) is 0 Å². The van der Waals surface area contributed by atoms with Crippen molar-refractivity contribution in [2.45, 2.75) is 26.9 Å². The first kappa shape index (κ1) is 15.3. The molecule has 4 heteroatoms. The maximum Gasteiger partial charge on any atom is 0.161 e. The molecule has 2 rings (SSSR count). The molecule has 0 aliphatic carbocycles. The van der Waals surface area contributed by atoms with Gasteiger partial charge in [0.15, 0.2) is 11.5 Å². The third kappa shape index (κ3) is 3.52. The van der Waals surface area contributed by atoms with Crippen LogP contribution in [0.4, 0.5) is 0 Å². The van der Waals surface area contributed by atoms with Gasteiger partial charge in [-0.3, -0.25) is 4.98 Å². The molecule has 0 aliphatic rings. The fourth-order valence-electron chi connectivity index (χ4n) is 2.18. The molecule has 1 aromatic carbocycles. The molecule has 0 radical (unpaired) electrons. The van der Waals surface area contributed by atoms with Gasteiger partial charge in [-0.1, -0.05) is 12.1 Å². The van der Waals surface area contributed by atoms with E-state index in [2.05, 4.69) is 4.98 Å². The van der Waals surface area contributed by atoms with Gasteiger partial charge in [0.05, 0.1) is 18.9 Å². The number of hydrogen-bond acceptors (Lipinski definition) is 4. The lowest BCUT2D eigenvalue weighted by molar-refractivity contribution is 0.213. The summed E-state index contributed by atoms with van der Waals surface area (Å²) in [6.45, 7) is 6.89. The Bertz CT molecular complexity index is 598. The second kappa shape index (κ2) is 7.09. The van der Waals surface area contributed by atoms with Crippen molar-refractivity contribution in [3.63, 3.8) is 0 Å². The molecule has 1 N–H and O–H groups in total. The first-order valence-corrected chi connectivity index (χ1v) is 7.16. The standard InChI is InChI=1S/C17H21NO3/c1-4-20-14-9-8-13(11-15(14)21-5-2)17(19)16-12(3)7-6-10-18-16/h6-11,17,19H,4-5H2,1-3H3. The number of ether oxygens (including phenoxy) is 2. The van der Waals surface area contributed by atoms with Gasteiger partial charge in [-0.2, -0.15) is 0 Å². The average molecular weight is 287 g/mol. The van der Waals surface area contributed by atoms with Gasteiger partial charge in [0.2, 0.25) is 0 Å². The topological polar surface area (TPSA) is 51.6 Å². The largest absolute Gasteiger partial charge is 0.490 e. The fourth-order valence-corrected chi connectivity index (χ4v) is 2.18. The average Bonchev–Trinajstić information content (AvgIpc) is 2.49. The van der Waals surface area contributed by atoms with Gasteiger partial charge in [-0.05, 0) is 50.1 Å². The molecule has 1 atom stereocenters. The highest BCUT2D eigenvalue weighted by molar-refractivity contribution is 5.45. The minimum atomic E-state index is -0.777. The smallest absolute Gasteiger partial charge is 0.161 e. The SMILES string of the molecule is CCOc1ccc(C(O)c2ncccc2C)cc1OCC. The van der Waals surface area contributed by atoms with E-state index in [1.54, 1.807) is 6.20 Å². The molecular weight excluding hydrogens is 266 g/mol. The zero-order chi connectivity index (χ0) is 15.2. The molecule has 2 aromatic rings. The van der Waals surface area contributed by atoms with Crippen molar-refractivity contribution in [2.24, 2.45) is 0 Å². The van der Waals surface area contributed by atoms with Crippen LogP contribution in [-0.2, 0) is 0 Å². The third-order valence-corrected chi connectivity index (χ3v) is 3.19. The number of aliphatic hydroxyl groups is 1. The Kier molecular flexibility index (Phi) is 5.17. The van der Waals surface area contributed by atoms with Crippen molar-refractivity contribution in [3.05, 3.63) is 53.3 Å². The van der Waals surface area contributed by atoms with E-state index in [0.29, 0.717) is 30.4 Å². The molecule has 4 nitrogen and oxygen atoms in total. The normalized spacial score (nSPS) is 12.0. The van der Waals surface area contributed by atoms with Crippen LogP contribution in [0.1, 0.15) is 36.8 Å². The van der Waals surface area contributed by atoms with Crippen LogP contribution in [0, 0.1) is 6.92 Å². The zero-order valence-electron chi connectivity index (χ0n) is 12.7. The molecule has 0 amide bonds. The van der Waals surface area contributed by atoms with Crippen LogP contribution in [-0.4, -0.2) is 23.3 Å². The summed E-state index contributed by atoms with van der Waals surface area (Å²) >= 11 is 0. The Labute approximate surface area is 125 Å². The molecule has 1 heterocycles. The van der Waals surface area contributed by atoms with Gasteiger partial charge in [0, 0.05) is 6.20 Å². The molecule has 1 aromatic heterocycles. The van der Waals surface area contributed by atoms with Crippen LogP contribution < -0.4 is 9.47 Å². The number of pyridine rings is 1. The lowest BCUT2D eigenvalue weighted by atomic mass is 10.0. The van der Waals surface area contributed by atoms with Crippen molar-refractivity contribution in [1.82, 2.24) is 4.98 Å². The van der Waals surface area contributed by atoms with Gasteiger partial charge in [0.1, 0.15) is 6.10 Å². The Balaban J connectivity index is 2.35. The summed E-state index contributed by atoms with van der Waals surface area (Å²) in [5.74, 6) is 1.33. The molecule has 112 valence electrons. The van der Waals surface area contributed by atoms with E-state index >= 15 is 0 Å². The molecule has 1 unspecified atom stereocenters. The van der Waals surface area contributed by atoms with Gasteiger partial charge >= 0.3 is 0 Å². The zero-order valence-corrected chi connectivity index (χ0v) is 12.7. The van der Waals surface area contributed by atoms with E-state index in [0.717, 1.165) is 11.1 Å². The third-order valence-electron chi connectivity index (χ3n) is 3.19. The summed E-state index contributed by atoms with van der Waals surface area (Å²) in [6.07, 6.45) is 0.907. The molecular formula is C17H21NO3. The lowest BCUT2D eigenvalue weighted by Crippen LogP contribution is -2.06. The van der Waals surface area contributed by atoms with Crippen molar-refractivity contribution in [3.8, 4) is 11.5 Å². The van der Waals surface area contributed by atoms with Crippen LogP contribution in [0.15, 0.2) is 36.5 Å². The maximum atomic E-state index is 10.5. The summed E-state index contributed by atoms with van der Waals surface area (Å²) in [5.41, 5.74) is 2.35. The summed E-state index contributed by atoms with van der Waals surface area (Å²) in [6, 6.07) is 9.27. The minimum absolute atomic E-state index is 0.544. The first-order valence-electron chi connectivity index (χ1n) is 7.16. The number of aromatic nitrogens is 1. The molecule has 0 aliphatic heterocycles. The van der Waals surface area contributed by atoms with Gasteiger partial charge in [-0.25, -0.2) is 0 Å². The van der Waals surface area contributed by atoms with E-state index in [1.165, 1.54) is 0 Å². The van der Waals surface area contributed by atoms with Gasteiger partial charge in [-0.15, -0.1) is 0 Å². The van der Waals surface area contributed by atoms with Crippen molar-refractivity contribution in [1.29, 1.82) is 0 Å². The van der Waals surface area contributed by atoms with Gasteiger partial charge in [0.25, 0.3) is 0 Å². The highest BCUT2D eigenvalue weighted by Gasteiger charge is 2.16. The lowest BCUT2D eigenvalue weighted by Gasteiger charge is -2.16. The first-order chi connectivity index (χ1) is 10.2. The minimum Gasteiger partial charge on any atom is -0.490 e. The van der Waals surface area contributed by atoms with Gasteiger partial charge < -0.3 is 14.6 Å². The Morgan fingerprint density at radius 1 is 1.10 bits per heavy atom. The molecule has 0 spiro atoms. The summed E-state index contributed by atoms with van der Waals surface area (Å²) in [4.78, 5) is 4.27. The molecule has 0 saturated carbocycles. The highest BCUT2D eigenvalue weighted by atomic mass is 16.5. The van der Waals surface area contributed by atoms with E-state index < -0.39 is 6.10 Å². The second-order valence-corrected chi connectivity index (χ2v) is 4.68. The number of nitrogens with zero attached hydrogens (tertiary/aromatic N) is 1. The second-order valence-electron chi connectivity index (χ2n) is 4.68. The van der Waals surface area contributed by atoms with Crippen LogP contribution >= 0.6 is 0 Å². The van der Waals surface area contributed by atoms with E-state index in [1.807, 2.05) is 51.1 Å². The van der Waals surface area contributed by atoms with E-state index in [9.17, 15) is 5.11 Å². The fraction of sp³-hybridized carbons (Fsp3) is 0.353. The predicted octanol–water partition coefficient (Wildman–Crippen LogP) is 3.27. The number of aliphatic hydroxyl groups excluding tert-OH is 1. The molecule has 0 fully saturated rings. The summed E-state index contributed by atoms with van der Waals surface area (Å²) in [5, 5.41) is 10.5. The highest BCUT2D eigenvalue weighted by Crippen LogP contribution is 2.32. The molecule has 0 saturated heterocycles. The number of rotatable bonds is 6. The maximum absolute atomic E-state index is 10.5. The van der Waals surface area contributed by atoms with Crippen molar-refractivity contribution < 1.29 is 14.6 Å². The van der Waals surface area contributed by atoms with Crippen LogP contribution in [0.5, 0.6) is 11.5 Å². The van der Waals surface area contributed by atoms with E-state index in [4.69, 9.17) is 9.47 Å². The summed E-state index contributed by atoms with van der Waals surface area (Å²) < 4.78 is 11.1. The monoisotopic (exact) mass is 287 g/mol. The Hall–Kier alpha value is -2.07.